The van der Waals surface area contributed by atoms with Crippen LogP contribution in [0.15, 0.2) is 48.5 Å². The zero-order valence-electron chi connectivity index (χ0n) is 16.8. The summed E-state index contributed by atoms with van der Waals surface area (Å²) < 4.78 is 0. The van der Waals surface area contributed by atoms with Crippen molar-refractivity contribution >= 4 is 17.3 Å². The first-order chi connectivity index (χ1) is 13.0. The third kappa shape index (κ3) is 4.41. The average Bonchev–Trinajstić information content (AvgIpc) is 3.05. The van der Waals surface area contributed by atoms with Gasteiger partial charge in [-0.15, -0.1) is 0 Å². The molecule has 0 aromatic heterocycles. The van der Waals surface area contributed by atoms with Crippen LogP contribution in [-0.4, -0.2) is 12.6 Å². The highest BCUT2D eigenvalue weighted by Gasteiger charge is 2.16. The minimum absolute atomic E-state index is 0.128. The van der Waals surface area contributed by atoms with Crippen LogP contribution in [0.1, 0.15) is 68.2 Å². The van der Waals surface area contributed by atoms with Gasteiger partial charge in [0.15, 0.2) is 0 Å². The minimum Gasteiger partial charge on any atom is -0.338 e. The molecule has 0 atom stereocenters. The van der Waals surface area contributed by atoms with Crippen LogP contribution >= 0.6 is 0 Å². The fourth-order valence-electron chi connectivity index (χ4n) is 3.76. The monoisotopic (exact) mass is 362 g/mol. The van der Waals surface area contributed by atoms with Crippen LogP contribution in [0.2, 0.25) is 0 Å². The number of hydrogen-bond donors (Lipinski definition) is 2. The summed E-state index contributed by atoms with van der Waals surface area (Å²) in [5.41, 5.74) is 7.37. The summed E-state index contributed by atoms with van der Waals surface area (Å²) in [5.74, 6) is 0.721. The molecule has 2 N–H and O–H groups in total. The zero-order valence-corrected chi connectivity index (χ0v) is 16.8. The van der Waals surface area contributed by atoms with Gasteiger partial charge in [-0.1, -0.05) is 76.2 Å². The topological polar surface area (TPSA) is 41.1 Å². The maximum atomic E-state index is 12.5. The van der Waals surface area contributed by atoms with E-state index in [0.29, 0.717) is 18.4 Å². The molecule has 2 aromatic carbocycles. The predicted octanol–water partition coefficient (Wildman–Crippen LogP) is 6.08. The lowest BCUT2D eigenvalue weighted by Gasteiger charge is -2.20. The highest BCUT2D eigenvalue weighted by Crippen LogP contribution is 2.32. The van der Waals surface area contributed by atoms with Gasteiger partial charge in [0, 0.05) is 12.2 Å². The number of carbonyl (C=O) groups is 1. The van der Waals surface area contributed by atoms with Crippen LogP contribution in [0.4, 0.5) is 10.5 Å². The molecular weight excluding hydrogens is 332 g/mol. The highest BCUT2D eigenvalue weighted by atomic mass is 16.2. The number of fused-ring (bicyclic) bond motifs is 1. The summed E-state index contributed by atoms with van der Waals surface area (Å²) in [7, 11) is 0. The van der Waals surface area contributed by atoms with Gasteiger partial charge in [-0.3, -0.25) is 0 Å². The smallest absolute Gasteiger partial charge is 0.319 e. The molecule has 0 bridgehead atoms. The quantitative estimate of drug-likeness (QED) is 0.642. The lowest BCUT2D eigenvalue weighted by atomic mass is 9.93. The predicted molar refractivity (Wildman–Crippen MR) is 114 cm³/mol. The van der Waals surface area contributed by atoms with Gasteiger partial charge in [0.1, 0.15) is 0 Å². The van der Waals surface area contributed by atoms with Crippen LogP contribution in [0.5, 0.6) is 0 Å². The highest BCUT2D eigenvalue weighted by molar-refractivity contribution is 5.91. The molecule has 0 saturated carbocycles. The molecule has 0 radical (unpaired) electrons. The number of urea groups is 1. The number of allylic oxidation sites excluding steroid dienone is 1. The van der Waals surface area contributed by atoms with E-state index < -0.39 is 0 Å². The molecule has 3 heteroatoms. The van der Waals surface area contributed by atoms with E-state index in [9.17, 15) is 4.79 Å². The third-order valence-corrected chi connectivity index (χ3v) is 5.22. The van der Waals surface area contributed by atoms with Crippen molar-refractivity contribution in [2.75, 3.05) is 11.9 Å². The van der Waals surface area contributed by atoms with Crippen molar-refractivity contribution in [2.45, 2.75) is 52.4 Å². The van der Waals surface area contributed by atoms with Gasteiger partial charge in [0.05, 0.1) is 0 Å². The molecule has 2 amide bonds. The van der Waals surface area contributed by atoms with Crippen LogP contribution in [0.25, 0.3) is 5.57 Å². The zero-order chi connectivity index (χ0) is 19.4. The first kappa shape index (κ1) is 19.2. The summed E-state index contributed by atoms with van der Waals surface area (Å²) in [6.45, 7) is 9.27. The molecule has 142 valence electrons. The Labute approximate surface area is 162 Å². The first-order valence-electron chi connectivity index (χ1n) is 9.92. The number of anilines is 1. The molecule has 1 aliphatic carbocycles. The summed E-state index contributed by atoms with van der Waals surface area (Å²) in [6.07, 6.45) is 4.12. The normalized spacial score (nSPS) is 12.9. The van der Waals surface area contributed by atoms with Crippen LogP contribution in [0, 0.1) is 0 Å². The molecule has 0 unspecified atom stereocenters. The van der Waals surface area contributed by atoms with E-state index in [4.69, 9.17) is 0 Å². The first-order valence-corrected chi connectivity index (χ1v) is 9.92. The van der Waals surface area contributed by atoms with Crippen molar-refractivity contribution in [1.29, 1.82) is 0 Å². The number of amides is 2. The Hall–Kier alpha value is -2.55. The molecule has 3 nitrogen and oxygen atoms in total. The average molecular weight is 363 g/mol. The molecule has 0 spiro atoms. The number of hydrogen-bond acceptors (Lipinski definition) is 1. The Kier molecular flexibility index (Phi) is 6.00. The van der Waals surface area contributed by atoms with Crippen LogP contribution < -0.4 is 10.6 Å². The standard InChI is InChI=1S/C24H30N2O/c1-16(2)20-10-7-11-21(17(3)4)23(20)26-24(27)25-15-14-19-13-12-18-8-5-6-9-22(18)19/h5-11,13,16-17H,12,14-15H2,1-4H3,(H2,25,26,27). The second kappa shape index (κ2) is 8.43. The van der Waals surface area contributed by atoms with E-state index in [-0.39, 0.29) is 6.03 Å². The number of benzene rings is 2. The molecule has 0 saturated heterocycles. The molecule has 1 aliphatic rings. The van der Waals surface area contributed by atoms with Gasteiger partial charge < -0.3 is 10.6 Å². The van der Waals surface area contributed by atoms with Gasteiger partial charge in [0.25, 0.3) is 0 Å². The number of nitrogens with one attached hydrogen (secondary N) is 2. The van der Waals surface area contributed by atoms with E-state index in [1.807, 2.05) is 0 Å². The molecule has 27 heavy (non-hydrogen) atoms. The lowest BCUT2D eigenvalue weighted by Crippen LogP contribution is -2.30. The van der Waals surface area contributed by atoms with Crippen molar-refractivity contribution < 1.29 is 4.79 Å². The molecule has 0 heterocycles. The van der Waals surface area contributed by atoms with E-state index in [0.717, 1.165) is 18.5 Å². The Morgan fingerprint density at radius 3 is 2.30 bits per heavy atom. The van der Waals surface area contributed by atoms with E-state index >= 15 is 0 Å². The fourth-order valence-corrected chi connectivity index (χ4v) is 3.76. The number of para-hydroxylation sites is 1. The van der Waals surface area contributed by atoms with Crippen molar-refractivity contribution in [2.24, 2.45) is 0 Å². The summed E-state index contributed by atoms with van der Waals surface area (Å²) in [5, 5.41) is 6.15. The summed E-state index contributed by atoms with van der Waals surface area (Å²) >= 11 is 0. The summed E-state index contributed by atoms with van der Waals surface area (Å²) in [4.78, 5) is 12.5. The van der Waals surface area contributed by atoms with Crippen LogP contribution in [0.3, 0.4) is 0 Å². The van der Waals surface area contributed by atoms with Gasteiger partial charge >= 0.3 is 6.03 Å². The van der Waals surface area contributed by atoms with E-state index in [1.165, 1.54) is 27.8 Å². The molecule has 2 aromatic rings. The second-order valence-electron chi connectivity index (χ2n) is 7.84. The SMILES string of the molecule is CC(C)c1cccc(C(C)C)c1NC(=O)NCCC1=CCc2ccccc21. The van der Waals surface area contributed by atoms with E-state index in [1.54, 1.807) is 0 Å². The molecular formula is C24H30N2O. The maximum absolute atomic E-state index is 12.5. The Morgan fingerprint density at radius 1 is 0.963 bits per heavy atom. The number of rotatable bonds is 6. The van der Waals surface area contributed by atoms with Gasteiger partial charge in [0.2, 0.25) is 0 Å². The second-order valence-corrected chi connectivity index (χ2v) is 7.84. The third-order valence-electron chi connectivity index (χ3n) is 5.22. The summed E-state index contributed by atoms with van der Waals surface area (Å²) in [6, 6.07) is 14.7. The van der Waals surface area contributed by atoms with Gasteiger partial charge in [-0.2, -0.15) is 0 Å². The Morgan fingerprint density at radius 2 is 1.63 bits per heavy atom. The van der Waals surface area contributed by atoms with Crippen molar-refractivity contribution in [3.8, 4) is 0 Å². The minimum atomic E-state index is -0.128. The van der Waals surface area contributed by atoms with E-state index in [2.05, 4.69) is 86.9 Å². The van der Waals surface area contributed by atoms with Crippen molar-refractivity contribution in [1.82, 2.24) is 5.32 Å². The largest absolute Gasteiger partial charge is 0.338 e. The number of carbonyl (C=O) groups excluding carboxylic acids is 1. The molecule has 0 aliphatic heterocycles. The Bertz CT molecular complexity index is 823. The molecule has 3 rings (SSSR count). The fraction of sp³-hybridized carbons (Fsp3) is 0.375. The maximum Gasteiger partial charge on any atom is 0.319 e. The lowest BCUT2D eigenvalue weighted by molar-refractivity contribution is 0.252. The Balaban J connectivity index is 1.62. The van der Waals surface area contributed by atoms with Gasteiger partial charge in [-0.25, -0.2) is 4.79 Å². The van der Waals surface area contributed by atoms with Crippen LogP contribution in [-0.2, 0) is 6.42 Å². The van der Waals surface area contributed by atoms with Gasteiger partial charge in [-0.05, 0) is 52.5 Å². The van der Waals surface area contributed by atoms with Crippen molar-refractivity contribution in [3.05, 3.63) is 70.8 Å². The molecule has 0 fully saturated rings. The van der Waals surface area contributed by atoms with Crippen molar-refractivity contribution in [3.63, 3.8) is 0 Å².